The average Bonchev–Trinajstić information content (AvgIpc) is 3.14. The third-order valence-electron chi connectivity index (χ3n) is 5.08. The van der Waals surface area contributed by atoms with Gasteiger partial charge < -0.3 is 9.64 Å². The fraction of sp³-hybridized carbons (Fsp3) is 0.529. The fourth-order valence-electron chi connectivity index (χ4n) is 3.76. The standard InChI is InChI=1S/C17H21ClN4OS/c1-22-11-2-3-12(22)7-14(6-11)24-16-5-4-13(8-15(16)18)23-9-17-19-10-20-21-17/h4-5,8,10-12,14H,2-3,6-7,9H2,1H3,(H,19,20,21). The van der Waals surface area contributed by atoms with Crippen molar-refractivity contribution in [3.05, 3.63) is 35.4 Å². The van der Waals surface area contributed by atoms with Crippen LogP contribution in [0, 0.1) is 0 Å². The van der Waals surface area contributed by atoms with Crippen LogP contribution in [-0.2, 0) is 6.61 Å². The number of aromatic nitrogens is 3. The van der Waals surface area contributed by atoms with Crippen LogP contribution < -0.4 is 4.74 Å². The number of benzene rings is 1. The summed E-state index contributed by atoms with van der Waals surface area (Å²) in [5.41, 5.74) is 0. The van der Waals surface area contributed by atoms with Crippen LogP contribution in [0.5, 0.6) is 5.75 Å². The summed E-state index contributed by atoms with van der Waals surface area (Å²) in [5, 5.41) is 8.07. The van der Waals surface area contributed by atoms with Gasteiger partial charge in [-0.25, -0.2) is 4.98 Å². The maximum absolute atomic E-state index is 6.48. The predicted molar refractivity (Wildman–Crippen MR) is 95.6 cm³/mol. The minimum absolute atomic E-state index is 0.338. The van der Waals surface area contributed by atoms with E-state index in [0.29, 0.717) is 17.7 Å². The number of aromatic amines is 1. The van der Waals surface area contributed by atoms with Crippen molar-refractivity contribution in [2.45, 2.75) is 54.5 Å². The molecule has 1 aromatic carbocycles. The Morgan fingerprint density at radius 3 is 2.79 bits per heavy atom. The van der Waals surface area contributed by atoms with Gasteiger partial charge in [0.05, 0.1) is 5.02 Å². The van der Waals surface area contributed by atoms with Crippen LogP contribution in [0.1, 0.15) is 31.5 Å². The molecule has 3 heterocycles. The van der Waals surface area contributed by atoms with Gasteiger partial charge in [0.15, 0.2) is 5.82 Å². The van der Waals surface area contributed by atoms with E-state index in [2.05, 4.69) is 33.2 Å². The number of halogens is 1. The summed E-state index contributed by atoms with van der Waals surface area (Å²) >= 11 is 8.40. The van der Waals surface area contributed by atoms with Gasteiger partial charge in [-0.15, -0.1) is 11.8 Å². The molecule has 1 aromatic heterocycles. The van der Waals surface area contributed by atoms with Gasteiger partial charge in [-0.2, -0.15) is 5.10 Å². The zero-order valence-electron chi connectivity index (χ0n) is 13.6. The lowest BCUT2D eigenvalue weighted by Crippen LogP contribution is -2.40. The second kappa shape index (κ2) is 6.94. The minimum atomic E-state index is 0.338. The van der Waals surface area contributed by atoms with E-state index in [-0.39, 0.29) is 0 Å². The highest BCUT2D eigenvalue weighted by Gasteiger charge is 2.38. The molecule has 2 unspecified atom stereocenters. The van der Waals surface area contributed by atoms with E-state index >= 15 is 0 Å². The quantitative estimate of drug-likeness (QED) is 0.875. The van der Waals surface area contributed by atoms with Gasteiger partial charge in [-0.05, 0) is 50.9 Å². The van der Waals surface area contributed by atoms with Gasteiger partial charge in [-0.3, -0.25) is 5.10 Å². The molecule has 2 saturated heterocycles. The summed E-state index contributed by atoms with van der Waals surface area (Å²) in [6.45, 7) is 0.338. The van der Waals surface area contributed by atoms with E-state index in [1.165, 1.54) is 25.7 Å². The summed E-state index contributed by atoms with van der Waals surface area (Å²) in [6, 6.07) is 7.44. The Morgan fingerprint density at radius 1 is 1.33 bits per heavy atom. The normalized spacial score (nSPS) is 26.7. The fourth-order valence-corrected chi connectivity index (χ4v) is 5.38. The molecule has 128 valence electrons. The molecule has 5 nitrogen and oxygen atoms in total. The molecular weight excluding hydrogens is 344 g/mol. The zero-order valence-corrected chi connectivity index (χ0v) is 15.2. The molecule has 0 saturated carbocycles. The lowest BCUT2D eigenvalue weighted by molar-refractivity contribution is 0.183. The highest BCUT2D eigenvalue weighted by molar-refractivity contribution is 8.00. The van der Waals surface area contributed by atoms with E-state index in [1.54, 1.807) is 6.33 Å². The number of ether oxygens (including phenoxy) is 1. The van der Waals surface area contributed by atoms with Crippen LogP contribution in [0.15, 0.2) is 29.4 Å². The maximum Gasteiger partial charge on any atom is 0.187 e. The van der Waals surface area contributed by atoms with E-state index < -0.39 is 0 Å². The summed E-state index contributed by atoms with van der Waals surface area (Å²) < 4.78 is 5.69. The summed E-state index contributed by atoms with van der Waals surface area (Å²) in [7, 11) is 2.27. The first-order valence-electron chi connectivity index (χ1n) is 8.34. The van der Waals surface area contributed by atoms with Crippen molar-refractivity contribution in [1.29, 1.82) is 0 Å². The van der Waals surface area contributed by atoms with Crippen molar-refractivity contribution >= 4 is 23.4 Å². The second-order valence-corrected chi connectivity index (χ2v) is 8.31. The summed E-state index contributed by atoms with van der Waals surface area (Å²) in [6.07, 6.45) is 6.76. The number of hydrogen-bond acceptors (Lipinski definition) is 5. The molecule has 0 radical (unpaired) electrons. The number of nitrogens with zero attached hydrogens (tertiary/aromatic N) is 3. The monoisotopic (exact) mass is 364 g/mol. The smallest absolute Gasteiger partial charge is 0.187 e. The largest absolute Gasteiger partial charge is 0.485 e. The zero-order chi connectivity index (χ0) is 16.5. The highest BCUT2D eigenvalue weighted by atomic mass is 35.5. The Hall–Kier alpha value is -1.24. The lowest BCUT2D eigenvalue weighted by atomic mass is 10.0. The number of rotatable bonds is 5. The molecule has 7 heteroatoms. The van der Waals surface area contributed by atoms with E-state index in [4.69, 9.17) is 16.3 Å². The SMILES string of the molecule is CN1C2CCC1CC(Sc1ccc(OCc3nc[nH]n3)cc1Cl)C2. The second-order valence-electron chi connectivity index (χ2n) is 6.56. The van der Waals surface area contributed by atoms with Gasteiger partial charge in [0.25, 0.3) is 0 Å². The Labute approximate surface area is 151 Å². The van der Waals surface area contributed by atoms with E-state index in [0.717, 1.165) is 27.8 Å². The van der Waals surface area contributed by atoms with Crippen molar-refractivity contribution < 1.29 is 4.74 Å². The summed E-state index contributed by atoms with van der Waals surface area (Å²) in [5.74, 6) is 1.38. The molecule has 4 rings (SSSR count). The number of piperidine rings is 1. The molecule has 2 aliphatic rings. The molecule has 2 aliphatic heterocycles. The van der Waals surface area contributed by atoms with Crippen LogP contribution in [-0.4, -0.2) is 44.5 Å². The first-order valence-corrected chi connectivity index (χ1v) is 9.60. The number of thioether (sulfide) groups is 1. The molecule has 1 N–H and O–H groups in total. The molecule has 2 fully saturated rings. The molecule has 2 aromatic rings. The molecule has 0 aliphatic carbocycles. The summed E-state index contributed by atoms with van der Waals surface area (Å²) in [4.78, 5) is 7.76. The molecule has 2 atom stereocenters. The van der Waals surface area contributed by atoms with Crippen molar-refractivity contribution in [2.75, 3.05) is 7.05 Å². The number of fused-ring (bicyclic) bond motifs is 2. The first-order chi connectivity index (χ1) is 11.7. The third-order valence-corrected chi connectivity index (χ3v) is 6.84. The Kier molecular flexibility index (Phi) is 4.70. The number of nitrogens with one attached hydrogen (secondary N) is 1. The minimum Gasteiger partial charge on any atom is -0.485 e. The van der Waals surface area contributed by atoms with E-state index in [1.807, 2.05) is 23.9 Å². The van der Waals surface area contributed by atoms with Crippen molar-refractivity contribution in [2.24, 2.45) is 0 Å². The molecule has 0 amide bonds. The highest BCUT2D eigenvalue weighted by Crippen LogP contribution is 2.43. The molecule has 24 heavy (non-hydrogen) atoms. The third kappa shape index (κ3) is 3.41. The number of H-pyrrole nitrogens is 1. The van der Waals surface area contributed by atoms with Crippen LogP contribution in [0.25, 0.3) is 0 Å². The van der Waals surface area contributed by atoms with Crippen molar-refractivity contribution in [3.8, 4) is 5.75 Å². The van der Waals surface area contributed by atoms with Crippen LogP contribution in [0.4, 0.5) is 0 Å². The van der Waals surface area contributed by atoms with Crippen LogP contribution in [0.2, 0.25) is 5.02 Å². The topological polar surface area (TPSA) is 54.0 Å². The van der Waals surface area contributed by atoms with Gasteiger partial charge >= 0.3 is 0 Å². The van der Waals surface area contributed by atoms with Gasteiger partial charge in [-0.1, -0.05) is 11.6 Å². The van der Waals surface area contributed by atoms with Crippen LogP contribution in [0.3, 0.4) is 0 Å². The van der Waals surface area contributed by atoms with Crippen molar-refractivity contribution in [1.82, 2.24) is 20.1 Å². The van der Waals surface area contributed by atoms with Crippen molar-refractivity contribution in [3.63, 3.8) is 0 Å². The van der Waals surface area contributed by atoms with Crippen LogP contribution >= 0.6 is 23.4 Å². The first kappa shape index (κ1) is 16.2. The Bertz CT molecular complexity index is 682. The molecule has 0 spiro atoms. The van der Waals surface area contributed by atoms with Gasteiger partial charge in [0.2, 0.25) is 0 Å². The maximum atomic E-state index is 6.48. The predicted octanol–water partition coefficient (Wildman–Crippen LogP) is 3.75. The Balaban J connectivity index is 1.37. The lowest BCUT2D eigenvalue weighted by Gasteiger charge is -2.36. The molecular formula is C17H21ClN4OS. The molecule has 2 bridgehead atoms. The Morgan fingerprint density at radius 2 is 2.12 bits per heavy atom. The average molecular weight is 365 g/mol. The van der Waals surface area contributed by atoms with E-state index in [9.17, 15) is 0 Å². The number of hydrogen-bond donors (Lipinski definition) is 1. The van der Waals surface area contributed by atoms with Gasteiger partial charge in [0.1, 0.15) is 18.7 Å². The van der Waals surface area contributed by atoms with Gasteiger partial charge in [0, 0.05) is 22.2 Å².